The van der Waals surface area contributed by atoms with Crippen molar-refractivity contribution in [1.29, 1.82) is 0 Å². The lowest BCUT2D eigenvalue weighted by Gasteiger charge is -2.23. The lowest BCUT2D eigenvalue weighted by atomic mass is 10.1. The van der Waals surface area contributed by atoms with Crippen molar-refractivity contribution in [3.8, 4) is 0 Å². The van der Waals surface area contributed by atoms with E-state index in [2.05, 4.69) is 55.0 Å². The molecule has 0 bridgehead atoms. The first-order valence-corrected chi connectivity index (χ1v) is 6.54. The summed E-state index contributed by atoms with van der Waals surface area (Å²) >= 11 is 0. The van der Waals surface area contributed by atoms with Crippen LogP contribution in [-0.2, 0) is 0 Å². The molecule has 0 saturated carbocycles. The molecule has 1 rings (SSSR count). The maximum atomic E-state index is 5.46. The van der Waals surface area contributed by atoms with E-state index in [0.29, 0.717) is 11.7 Å². The number of aromatic nitrogens is 2. The van der Waals surface area contributed by atoms with E-state index in [1.165, 1.54) is 0 Å². The minimum Gasteiger partial charge on any atom is -0.359 e. The van der Waals surface area contributed by atoms with E-state index in [1.807, 2.05) is 6.07 Å². The number of hydrazine groups is 1. The van der Waals surface area contributed by atoms with E-state index >= 15 is 0 Å². The van der Waals surface area contributed by atoms with Gasteiger partial charge in [0.1, 0.15) is 17.5 Å². The van der Waals surface area contributed by atoms with Crippen molar-refractivity contribution in [2.24, 2.45) is 11.8 Å². The molecule has 0 amide bonds. The van der Waals surface area contributed by atoms with Crippen molar-refractivity contribution in [2.75, 3.05) is 23.9 Å². The van der Waals surface area contributed by atoms with E-state index < -0.39 is 0 Å². The average Bonchev–Trinajstić information content (AvgIpc) is 2.37. The van der Waals surface area contributed by atoms with Gasteiger partial charge < -0.3 is 10.3 Å². The molecular formula is C13H25N5. The number of anilines is 2. The van der Waals surface area contributed by atoms with Crippen LogP contribution >= 0.6 is 0 Å². The molecule has 0 radical (unpaired) electrons. The molecule has 0 saturated heterocycles. The Labute approximate surface area is 110 Å². The van der Waals surface area contributed by atoms with Gasteiger partial charge in [-0.3, -0.25) is 0 Å². The first-order valence-electron chi connectivity index (χ1n) is 6.54. The summed E-state index contributed by atoms with van der Waals surface area (Å²) in [5.74, 6) is 8.78. The topological polar surface area (TPSA) is 67.1 Å². The van der Waals surface area contributed by atoms with Gasteiger partial charge in [0.25, 0.3) is 0 Å². The SMILES string of the molecule is CCC(C)CN(C)c1cc(NN)nc(C(C)C)n1. The van der Waals surface area contributed by atoms with Gasteiger partial charge in [0.2, 0.25) is 0 Å². The number of nitrogens with one attached hydrogen (secondary N) is 1. The van der Waals surface area contributed by atoms with Gasteiger partial charge in [0, 0.05) is 25.6 Å². The first kappa shape index (κ1) is 14.7. The Morgan fingerprint density at radius 1 is 1.33 bits per heavy atom. The number of rotatable bonds is 6. The van der Waals surface area contributed by atoms with Crippen molar-refractivity contribution in [1.82, 2.24) is 9.97 Å². The van der Waals surface area contributed by atoms with Crippen LogP contribution in [0.3, 0.4) is 0 Å². The maximum Gasteiger partial charge on any atom is 0.145 e. The standard InChI is InChI=1S/C13H25N5/c1-6-10(4)8-18(5)12-7-11(17-14)15-13(16-12)9(2)3/h7,9-10H,6,8,14H2,1-5H3,(H,15,16,17). The molecule has 1 aromatic heterocycles. The van der Waals surface area contributed by atoms with Crippen LogP contribution in [0.25, 0.3) is 0 Å². The summed E-state index contributed by atoms with van der Waals surface area (Å²) in [5, 5.41) is 0. The number of nitrogens with two attached hydrogens (primary N) is 1. The Balaban J connectivity index is 2.96. The quantitative estimate of drug-likeness (QED) is 0.600. The molecule has 1 atom stereocenters. The normalized spacial score (nSPS) is 12.6. The highest BCUT2D eigenvalue weighted by atomic mass is 15.3. The monoisotopic (exact) mass is 251 g/mol. The molecular weight excluding hydrogens is 226 g/mol. The summed E-state index contributed by atoms with van der Waals surface area (Å²) in [4.78, 5) is 11.1. The van der Waals surface area contributed by atoms with Gasteiger partial charge in [-0.05, 0) is 5.92 Å². The minimum absolute atomic E-state index is 0.286. The third-order valence-electron chi connectivity index (χ3n) is 3.07. The van der Waals surface area contributed by atoms with Crippen LogP contribution in [0.1, 0.15) is 45.9 Å². The molecule has 1 unspecified atom stereocenters. The second kappa shape index (κ2) is 6.54. The lowest BCUT2D eigenvalue weighted by molar-refractivity contribution is 0.556. The third-order valence-corrected chi connectivity index (χ3v) is 3.07. The van der Waals surface area contributed by atoms with Gasteiger partial charge in [0.05, 0.1) is 0 Å². The van der Waals surface area contributed by atoms with Crippen LogP contribution in [0, 0.1) is 5.92 Å². The van der Waals surface area contributed by atoms with Gasteiger partial charge in [-0.25, -0.2) is 15.8 Å². The molecule has 102 valence electrons. The fraction of sp³-hybridized carbons (Fsp3) is 0.692. The molecule has 1 aromatic rings. The summed E-state index contributed by atoms with van der Waals surface area (Å²) in [5.41, 5.74) is 2.61. The Kier molecular flexibility index (Phi) is 5.34. The number of nitrogens with zero attached hydrogens (tertiary/aromatic N) is 3. The number of hydrogen-bond acceptors (Lipinski definition) is 5. The van der Waals surface area contributed by atoms with Gasteiger partial charge in [-0.2, -0.15) is 0 Å². The van der Waals surface area contributed by atoms with E-state index in [-0.39, 0.29) is 5.92 Å². The largest absolute Gasteiger partial charge is 0.359 e. The van der Waals surface area contributed by atoms with Gasteiger partial charge in [-0.1, -0.05) is 34.1 Å². The minimum atomic E-state index is 0.286. The van der Waals surface area contributed by atoms with Crippen molar-refractivity contribution >= 4 is 11.6 Å². The predicted molar refractivity (Wildman–Crippen MR) is 76.7 cm³/mol. The van der Waals surface area contributed by atoms with Crippen molar-refractivity contribution in [3.63, 3.8) is 0 Å². The summed E-state index contributed by atoms with van der Waals surface area (Å²) in [6, 6.07) is 1.88. The molecule has 0 aliphatic heterocycles. The zero-order valence-electron chi connectivity index (χ0n) is 12.1. The first-order chi connectivity index (χ1) is 8.47. The molecule has 5 nitrogen and oxygen atoms in total. The number of hydrogen-bond donors (Lipinski definition) is 2. The molecule has 5 heteroatoms. The summed E-state index contributed by atoms with van der Waals surface area (Å²) in [6.07, 6.45) is 1.16. The smallest absolute Gasteiger partial charge is 0.145 e. The number of nitrogen functional groups attached to an aromatic ring is 1. The van der Waals surface area contributed by atoms with Gasteiger partial charge in [-0.15, -0.1) is 0 Å². The molecule has 3 N–H and O–H groups in total. The highest BCUT2D eigenvalue weighted by molar-refractivity contribution is 5.48. The Morgan fingerprint density at radius 2 is 2.00 bits per heavy atom. The van der Waals surface area contributed by atoms with E-state index in [0.717, 1.165) is 24.6 Å². The predicted octanol–water partition coefficient (Wildman–Crippen LogP) is 2.37. The summed E-state index contributed by atoms with van der Waals surface area (Å²) in [6.45, 7) is 9.57. The molecule has 1 heterocycles. The van der Waals surface area contributed by atoms with E-state index in [1.54, 1.807) is 0 Å². The molecule has 0 spiro atoms. The lowest BCUT2D eigenvalue weighted by Crippen LogP contribution is -2.25. The fourth-order valence-electron chi connectivity index (χ4n) is 1.67. The molecule has 0 fully saturated rings. The van der Waals surface area contributed by atoms with Gasteiger partial charge >= 0.3 is 0 Å². The Bertz CT molecular complexity index is 378. The summed E-state index contributed by atoms with van der Waals surface area (Å²) < 4.78 is 0. The van der Waals surface area contributed by atoms with Crippen LogP contribution in [0.15, 0.2) is 6.07 Å². The van der Waals surface area contributed by atoms with Crippen molar-refractivity contribution in [3.05, 3.63) is 11.9 Å². The van der Waals surface area contributed by atoms with E-state index in [4.69, 9.17) is 5.84 Å². The molecule has 0 aliphatic rings. The van der Waals surface area contributed by atoms with Gasteiger partial charge in [0.15, 0.2) is 0 Å². The Morgan fingerprint density at radius 3 is 2.50 bits per heavy atom. The molecule has 0 aromatic carbocycles. The van der Waals surface area contributed by atoms with Crippen LogP contribution in [-0.4, -0.2) is 23.6 Å². The van der Waals surface area contributed by atoms with Crippen molar-refractivity contribution in [2.45, 2.75) is 40.0 Å². The second-order valence-corrected chi connectivity index (χ2v) is 5.16. The zero-order valence-corrected chi connectivity index (χ0v) is 12.1. The summed E-state index contributed by atoms with van der Waals surface area (Å²) in [7, 11) is 2.05. The fourth-order valence-corrected chi connectivity index (χ4v) is 1.67. The molecule has 18 heavy (non-hydrogen) atoms. The maximum absolute atomic E-state index is 5.46. The van der Waals surface area contributed by atoms with Crippen LogP contribution in [0.4, 0.5) is 11.6 Å². The zero-order chi connectivity index (χ0) is 13.7. The highest BCUT2D eigenvalue weighted by Gasteiger charge is 2.12. The third kappa shape index (κ3) is 3.84. The van der Waals surface area contributed by atoms with Crippen LogP contribution in [0.5, 0.6) is 0 Å². The highest BCUT2D eigenvalue weighted by Crippen LogP contribution is 2.19. The van der Waals surface area contributed by atoms with Crippen LogP contribution < -0.4 is 16.2 Å². The Hall–Kier alpha value is -1.36. The van der Waals surface area contributed by atoms with Crippen molar-refractivity contribution < 1.29 is 0 Å². The second-order valence-electron chi connectivity index (χ2n) is 5.16. The van der Waals surface area contributed by atoms with E-state index in [9.17, 15) is 0 Å². The van der Waals surface area contributed by atoms with Crippen LogP contribution in [0.2, 0.25) is 0 Å². The average molecular weight is 251 g/mol. The molecule has 0 aliphatic carbocycles.